The number of hydrogen-bond donors (Lipinski definition) is 0. The second-order valence-corrected chi connectivity index (χ2v) is 4.48. The van der Waals surface area contributed by atoms with Crippen LogP contribution in [0.5, 0.6) is 0 Å². The SMILES string of the molecule is C1=CCC(=[PH+]c2ccccc2)C=C1.[K+]. The second-order valence-electron chi connectivity index (χ2n) is 3.01. The van der Waals surface area contributed by atoms with Gasteiger partial charge in [-0.05, 0) is 18.2 Å². The molecule has 1 aliphatic rings. The Hall–Kier alpha value is 0.506. The Morgan fingerprint density at radius 3 is 2.43 bits per heavy atom. The minimum atomic E-state index is 0. The van der Waals surface area contributed by atoms with E-state index in [0.29, 0.717) is 0 Å². The number of rotatable bonds is 1. The molecule has 0 saturated carbocycles. The Balaban J connectivity index is 0.000000980. The van der Waals surface area contributed by atoms with Gasteiger partial charge in [0.15, 0.2) is 0 Å². The van der Waals surface area contributed by atoms with Gasteiger partial charge >= 0.3 is 51.4 Å². The van der Waals surface area contributed by atoms with E-state index in [9.17, 15) is 0 Å². The molecule has 1 aromatic carbocycles. The fourth-order valence-corrected chi connectivity index (χ4v) is 2.44. The summed E-state index contributed by atoms with van der Waals surface area (Å²) >= 11 is 0. The van der Waals surface area contributed by atoms with Crippen LogP contribution in [0.4, 0.5) is 0 Å². The monoisotopic (exact) mass is 226 g/mol. The summed E-state index contributed by atoms with van der Waals surface area (Å²) < 4.78 is 0. The molecule has 0 aromatic heterocycles. The van der Waals surface area contributed by atoms with Crippen LogP contribution in [0.15, 0.2) is 54.6 Å². The van der Waals surface area contributed by atoms with Gasteiger partial charge in [-0.1, -0.05) is 36.4 Å². The number of allylic oxidation sites excluding steroid dienone is 4. The molecular formula is C12H12KP+2. The average Bonchev–Trinajstić information content (AvgIpc) is 2.21. The molecule has 0 spiro atoms. The van der Waals surface area contributed by atoms with Gasteiger partial charge in [-0.2, -0.15) is 0 Å². The van der Waals surface area contributed by atoms with Crippen molar-refractivity contribution in [2.45, 2.75) is 6.42 Å². The minimum Gasteiger partial charge on any atom is -0.0763 e. The first-order chi connectivity index (χ1) is 6.45. The summed E-state index contributed by atoms with van der Waals surface area (Å²) in [5.41, 5.74) is 0. The molecule has 0 saturated heterocycles. The molecule has 0 fully saturated rings. The fourth-order valence-electron chi connectivity index (χ4n) is 1.31. The minimum absolute atomic E-state index is 0. The van der Waals surface area contributed by atoms with E-state index in [1.165, 1.54) is 10.6 Å². The molecule has 0 radical (unpaired) electrons. The maximum absolute atomic E-state index is 2.23. The van der Waals surface area contributed by atoms with Crippen molar-refractivity contribution in [3.05, 3.63) is 54.6 Å². The van der Waals surface area contributed by atoms with Crippen LogP contribution in [0, 0.1) is 0 Å². The Bertz CT molecular complexity index is 363. The van der Waals surface area contributed by atoms with Crippen molar-refractivity contribution in [1.29, 1.82) is 0 Å². The van der Waals surface area contributed by atoms with Gasteiger partial charge in [0.25, 0.3) is 0 Å². The predicted octanol–water partition coefficient (Wildman–Crippen LogP) is -0.317. The van der Waals surface area contributed by atoms with Gasteiger partial charge in [-0.15, -0.1) is 0 Å². The number of hydrogen-bond acceptors (Lipinski definition) is 0. The molecule has 2 heteroatoms. The third-order valence-corrected chi connectivity index (χ3v) is 3.27. The Labute approximate surface area is 129 Å². The van der Waals surface area contributed by atoms with Crippen molar-refractivity contribution in [2.75, 3.05) is 0 Å². The topological polar surface area (TPSA) is 0 Å². The van der Waals surface area contributed by atoms with Gasteiger partial charge in [-0.3, -0.25) is 0 Å². The van der Waals surface area contributed by atoms with Crippen LogP contribution in [0.25, 0.3) is 0 Å². The summed E-state index contributed by atoms with van der Waals surface area (Å²) in [5, 5.41) is 2.95. The summed E-state index contributed by atoms with van der Waals surface area (Å²) in [4.78, 5) is 0. The molecule has 0 amide bonds. The van der Waals surface area contributed by atoms with E-state index in [1.54, 1.807) is 0 Å². The van der Waals surface area contributed by atoms with Gasteiger partial charge in [0.1, 0.15) is 18.8 Å². The van der Waals surface area contributed by atoms with Gasteiger partial charge < -0.3 is 0 Å². The average molecular weight is 226 g/mol. The molecule has 0 aliphatic heterocycles. The summed E-state index contributed by atoms with van der Waals surface area (Å²) in [6, 6.07) is 10.7. The van der Waals surface area contributed by atoms with Crippen molar-refractivity contribution in [2.24, 2.45) is 0 Å². The van der Waals surface area contributed by atoms with E-state index in [-0.39, 0.29) is 51.4 Å². The third-order valence-electron chi connectivity index (χ3n) is 1.96. The van der Waals surface area contributed by atoms with Crippen molar-refractivity contribution < 1.29 is 51.4 Å². The van der Waals surface area contributed by atoms with Crippen molar-refractivity contribution >= 4 is 18.8 Å². The van der Waals surface area contributed by atoms with E-state index in [1.807, 2.05) is 0 Å². The first kappa shape index (κ1) is 12.6. The molecule has 1 atom stereocenters. The van der Waals surface area contributed by atoms with Crippen LogP contribution in [-0.4, -0.2) is 5.29 Å². The molecular weight excluding hydrogens is 214 g/mol. The summed E-state index contributed by atoms with van der Waals surface area (Å²) in [7, 11) is 0.832. The quantitative estimate of drug-likeness (QED) is 0.455. The molecule has 0 nitrogen and oxygen atoms in total. The molecule has 0 heterocycles. The molecule has 0 N–H and O–H groups in total. The first-order valence-corrected chi connectivity index (χ1v) is 5.46. The maximum atomic E-state index is 2.23. The van der Waals surface area contributed by atoms with Gasteiger partial charge in [0, 0.05) is 6.42 Å². The Kier molecular flexibility index (Phi) is 6.19. The summed E-state index contributed by atoms with van der Waals surface area (Å²) in [6.07, 6.45) is 9.79. The fraction of sp³-hybridized carbons (Fsp3) is 0.0833. The molecule has 2 rings (SSSR count). The Morgan fingerprint density at radius 2 is 1.79 bits per heavy atom. The molecule has 1 unspecified atom stereocenters. The van der Waals surface area contributed by atoms with Gasteiger partial charge in [-0.25, -0.2) is 0 Å². The Morgan fingerprint density at radius 1 is 1.00 bits per heavy atom. The molecule has 14 heavy (non-hydrogen) atoms. The van der Waals surface area contributed by atoms with E-state index in [0.717, 1.165) is 14.6 Å². The zero-order valence-electron chi connectivity index (χ0n) is 8.40. The van der Waals surface area contributed by atoms with E-state index in [2.05, 4.69) is 54.6 Å². The van der Waals surface area contributed by atoms with Crippen molar-refractivity contribution in [1.82, 2.24) is 0 Å². The molecule has 1 aliphatic carbocycles. The van der Waals surface area contributed by atoms with Crippen molar-refractivity contribution in [3.63, 3.8) is 0 Å². The predicted molar refractivity (Wildman–Crippen MR) is 62.3 cm³/mol. The van der Waals surface area contributed by atoms with Crippen LogP contribution < -0.4 is 56.7 Å². The third kappa shape index (κ3) is 3.94. The van der Waals surface area contributed by atoms with Crippen LogP contribution in [0.2, 0.25) is 0 Å². The second kappa shape index (κ2) is 6.89. The van der Waals surface area contributed by atoms with Crippen LogP contribution in [0.3, 0.4) is 0 Å². The van der Waals surface area contributed by atoms with Gasteiger partial charge in [0.2, 0.25) is 0 Å². The molecule has 64 valence electrons. The number of benzene rings is 1. The molecule has 1 aromatic rings. The van der Waals surface area contributed by atoms with Crippen LogP contribution in [0.1, 0.15) is 6.42 Å². The summed E-state index contributed by atoms with van der Waals surface area (Å²) in [6.45, 7) is 0. The van der Waals surface area contributed by atoms with E-state index < -0.39 is 0 Å². The molecule has 0 bridgehead atoms. The largest absolute Gasteiger partial charge is 1.00 e. The van der Waals surface area contributed by atoms with E-state index in [4.69, 9.17) is 0 Å². The van der Waals surface area contributed by atoms with Gasteiger partial charge in [0.05, 0.1) is 0 Å². The zero-order chi connectivity index (χ0) is 8.93. The normalized spacial score (nSPS) is 16.7. The smallest absolute Gasteiger partial charge is 0.0763 e. The maximum Gasteiger partial charge on any atom is 1.00 e. The zero-order valence-corrected chi connectivity index (χ0v) is 12.5. The first-order valence-electron chi connectivity index (χ1n) is 4.46. The summed E-state index contributed by atoms with van der Waals surface area (Å²) in [5.74, 6) is 0. The standard InChI is InChI=1S/C12H11P.K/c1-3-7-11(8-4-1)13-12-9-5-2-6-10-12;/h1-9H,10H2;/q;+1/p+1. The van der Waals surface area contributed by atoms with E-state index >= 15 is 0 Å². The van der Waals surface area contributed by atoms with Crippen LogP contribution in [-0.2, 0) is 0 Å². The van der Waals surface area contributed by atoms with Crippen LogP contribution >= 0.6 is 8.20 Å². The van der Waals surface area contributed by atoms with Crippen molar-refractivity contribution in [3.8, 4) is 0 Å².